The van der Waals surface area contributed by atoms with Gasteiger partial charge in [-0.05, 0) is 87.1 Å². The average molecular weight is 819 g/mol. The highest BCUT2D eigenvalue weighted by atomic mass is 32.1. The lowest BCUT2D eigenvalue weighted by molar-refractivity contribution is 1.18. The number of hydrogen-bond donors (Lipinski definition) is 0. The van der Waals surface area contributed by atoms with Crippen molar-refractivity contribution in [1.82, 2.24) is 9.13 Å². The van der Waals surface area contributed by atoms with Gasteiger partial charge in [0, 0.05) is 59.0 Å². The van der Waals surface area contributed by atoms with Crippen molar-refractivity contribution in [1.29, 1.82) is 0 Å². The molecule has 0 spiro atoms. The zero-order chi connectivity index (χ0) is 41.4. The van der Waals surface area contributed by atoms with Gasteiger partial charge < -0.3 is 9.13 Å². The maximum absolute atomic E-state index is 2.40. The van der Waals surface area contributed by atoms with Crippen molar-refractivity contribution in [2.24, 2.45) is 0 Å². The van der Waals surface area contributed by atoms with E-state index < -0.39 is 0 Å². The molecule has 0 radical (unpaired) electrons. The summed E-state index contributed by atoms with van der Waals surface area (Å²) in [6, 6.07) is 84.5. The molecule has 63 heavy (non-hydrogen) atoms. The van der Waals surface area contributed by atoms with Crippen LogP contribution >= 0.6 is 11.3 Å². The van der Waals surface area contributed by atoms with Gasteiger partial charge in [0.2, 0.25) is 0 Å². The minimum atomic E-state index is 1.15. The Hall–Kier alpha value is -7.98. The third-order valence-corrected chi connectivity index (χ3v) is 14.2. The van der Waals surface area contributed by atoms with Crippen LogP contribution in [0.5, 0.6) is 0 Å². The van der Waals surface area contributed by atoms with E-state index in [2.05, 4.69) is 240 Å². The summed E-state index contributed by atoms with van der Waals surface area (Å²) in [5.41, 5.74) is 15.8. The van der Waals surface area contributed by atoms with E-state index in [1.165, 1.54) is 108 Å². The van der Waals surface area contributed by atoms with Gasteiger partial charge in [0.15, 0.2) is 0 Å². The Morgan fingerprint density at radius 3 is 1.06 bits per heavy atom. The Morgan fingerprint density at radius 1 is 0.254 bits per heavy atom. The first-order chi connectivity index (χ1) is 31.3. The Morgan fingerprint density at radius 2 is 0.603 bits per heavy atom. The zero-order valence-corrected chi connectivity index (χ0v) is 35.1. The fourth-order valence-electron chi connectivity index (χ4n) is 10.2. The molecule has 13 rings (SSSR count). The third kappa shape index (κ3) is 5.50. The van der Waals surface area contributed by atoms with Gasteiger partial charge in [0.05, 0.1) is 22.1 Å². The first-order valence-corrected chi connectivity index (χ1v) is 22.4. The number of aromatic nitrogens is 2. The summed E-state index contributed by atoms with van der Waals surface area (Å²) in [7, 11) is 0. The van der Waals surface area contributed by atoms with Gasteiger partial charge in [0.25, 0.3) is 0 Å². The molecule has 0 saturated carbocycles. The molecule has 10 aromatic carbocycles. The summed E-state index contributed by atoms with van der Waals surface area (Å²) < 4.78 is 6.09. The number of hydrogen-bond acceptors (Lipinski definition) is 1. The van der Waals surface area contributed by atoms with Crippen LogP contribution in [0.1, 0.15) is 0 Å². The van der Waals surface area contributed by atoms with Gasteiger partial charge in [-0.15, -0.1) is 11.3 Å². The highest BCUT2D eigenvalue weighted by molar-refractivity contribution is 7.24. The van der Waals surface area contributed by atoms with Gasteiger partial charge >= 0.3 is 0 Å². The molecule has 3 heterocycles. The van der Waals surface area contributed by atoms with Crippen molar-refractivity contribution in [3.05, 3.63) is 231 Å². The Labute approximate surface area is 368 Å². The molecule has 2 nitrogen and oxygen atoms in total. The number of nitrogens with zero attached hydrogens (tertiary/aromatic N) is 2. The van der Waals surface area contributed by atoms with Crippen LogP contribution in [0.3, 0.4) is 0 Å². The molecule has 3 heteroatoms. The minimum absolute atomic E-state index is 1.15. The molecule has 0 N–H and O–H groups in total. The molecule has 0 saturated heterocycles. The van der Waals surface area contributed by atoms with Gasteiger partial charge in [-0.25, -0.2) is 0 Å². The summed E-state index contributed by atoms with van der Waals surface area (Å²) in [6.45, 7) is 0. The molecular weight excluding hydrogens is 781 g/mol. The molecule has 0 aliphatic heterocycles. The van der Waals surface area contributed by atoms with Crippen molar-refractivity contribution in [3.8, 4) is 55.2 Å². The van der Waals surface area contributed by atoms with Crippen LogP contribution in [-0.2, 0) is 0 Å². The van der Waals surface area contributed by atoms with E-state index in [1.807, 2.05) is 11.3 Å². The van der Waals surface area contributed by atoms with Crippen LogP contribution in [0, 0.1) is 0 Å². The molecule has 0 atom stereocenters. The normalized spacial score (nSPS) is 11.8. The fraction of sp³-hybridized carbons (Fsp3) is 0. The number of benzene rings is 10. The van der Waals surface area contributed by atoms with Crippen molar-refractivity contribution in [2.75, 3.05) is 0 Å². The van der Waals surface area contributed by atoms with Crippen LogP contribution in [0.2, 0.25) is 0 Å². The molecule has 0 aliphatic rings. The monoisotopic (exact) mass is 818 g/mol. The lowest BCUT2D eigenvalue weighted by atomic mass is 9.86. The number of thiophene rings is 1. The fourth-order valence-corrected chi connectivity index (χ4v) is 11.7. The van der Waals surface area contributed by atoms with E-state index in [4.69, 9.17) is 0 Å². The van der Waals surface area contributed by atoms with E-state index in [-0.39, 0.29) is 0 Å². The molecular formula is C60H38N2S. The molecule has 294 valence electrons. The van der Waals surface area contributed by atoms with Crippen LogP contribution in [-0.4, -0.2) is 9.13 Å². The van der Waals surface area contributed by atoms with Crippen LogP contribution in [0.15, 0.2) is 231 Å². The van der Waals surface area contributed by atoms with Crippen LogP contribution < -0.4 is 0 Å². The lowest BCUT2D eigenvalue weighted by Crippen LogP contribution is -1.95. The quantitative estimate of drug-likeness (QED) is 0.158. The van der Waals surface area contributed by atoms with Crippen molar-refractivity contribution in [3.63, 3.8) is 0 Å². The average Bonchev–Trinajstić information content (AvgIpc) is 4.03. The predicted octanol–water partition coefficient (Wildman–Crippen LogP) is 16.9. The number of rotatable bonds is 6. The smallest absolute Gasteiger partial charge is 0.0541 e. The molecule has 0 fully saturated rings. The topological polar surface area (TPSA) is 9.86 Å². The first kappa shape index (κ1) is 35.7. The van der Waals surface area contributed by atoms with E-state index in [0.29, 0.717) is 0 Å². The summed E-state index contributed by atoms with van der Waals surface area (Å²) in [6.07, 6.45) is 0. The van der Waals surface area contributed by atoms with Gasteiger partial charge in [0.1, 0.15) is 0 Å². The van der Waals surface area contributed by atoms with Crippen LogP contribution in [0.25, 0.3) is 120 Å². The van der Waals surface area contributed by atoms with Crippen molar-refractivity contribution >= 4 is 75.8 Å². The molecule has 13 aromatic rings. The van der Waals surface area contributed by atoms with E-state index >= 15 is 0 Å². The summed E-state index contributed by atoms with van der Waals surface area (Å²) in [4.78, 5) is 1.27. The second-order valence-corrected chi connectivity index (χ2v) is 17.4. The zero-order valence-electron chi connectivity index (χ0n) is 34.2. The Bertz CT molecular complexity index is 3760. The van der Waals surface area contributed by atoms with Crippen molar-refractivity contribution < 1.29 is 0 Å². The third-order valence-electron chi connectivity index (χ3n) is 12.9. The first-order valence-electron chi connectivity index (χ1n) is 21.6. The second-order valence-electron chi connectivity index (χ2n) is 16.4. The Balaban J connectivity index is 1.06. The molecule has 0 aliphatic carbocycles. The SMILES string of the molecule is c1ccc(-c2c(-c3ccc(-n4c5ccccc5c5ccccc54)cc3)c3ccccc3c3c(-c4ccccc4)c(-c4ccc(-n5c6ccccc6c6ccccc65)cc4)sc23)cc1. The van der Waals surface area contributed by atoms with Gasteiger partial charge in [-0.3, -0.25) is 0 Å². The predicted molar refractivity (Wildman–Crippen MR) is 270 cm³/mol. The summed E-state index contributed by atoms with van der Waals surface area (Å²) in [5, 5.41) is 8.88. The standard InChI is InChI=1S/C60H38N2S/c1-3-17-39(18-4-1)56-55(41-31-35-43(36-32-41)61-51-27-13-9-21-45(51)46-22-10-14-28-52(46)61)49-25-7-8-26-50(49)58-57(40-19-5-2-6-20-40)59(63-60(56)58)42-33-37-44(38-34-42)62-53-29-15-11-23-47(53)48-24-12-16-30-54(48)62/h1-38H. The highest BCUT2D eigenvalue weighted by Gasteiger charge is 2.25. The molecule has 0 unspecified atom stereocenters. The minimum Gasteiger partial charge on any atom is -0.309 e. The van der Waals surface area contributed by atoms with E-state index in [9.17, 15) is 0 Å². The largest absolute Gasteiger partial charge is 0.309 e. The summed E-state index contributed by atoms with van der Waals surface area (Å²) in [5.74, 6) is 0. The Kier molecular flexibility index (Phi) is 8.12. The highest BCUT2D eigenvalue weighted by Crippen LogP contribution is 2.54. The number of para-hydroxylation sites is 4. The molecule has 3 aromatic heterocycles. The van der Waals surface area contributed by atoms with Crippen LogP contribution in [0.4, 0.5) is 0 Å². The maximum Gasteiger partial charge on any atom is 0.0541 e. The van der Waals surface area contributed by atoms with Gasteiger partial charge in [-0.1, -0.05) is 182 Å². The molecule has 0 bridgehead atoms. The van der Waals surface area contributed by atoms with E-state index in [0.717, 1.165) is 11.4 Å². The maximum atomic E-state index is 2.40. The second kappa shape index (κ2) is 14.3. The number of fused-ring (bicyclic) bond motifs is 9. The molecule has 0 amide bonds. The van der Waals surface area contributed by atoms with E-state index in [1.54, 1.807) is 0 Å². The lowest BCUT2D eigenvalue weighted by Gasteiger charge is -2.18. The van der Waals surface area contributed by atoms with Gasteiger partial charge in [-0.2, -0.15) is 0 Å². The summed E-state index contributed by atoms with van der Waals surface area (Å²) >= 11 is 1.92. The van der Waals surface area contributed by atoms with Crippen molar-refractivity contribution in [2.45, 2.75) is 0 Å².